The van der Waals surface area contributed by atoms with Crippen molar-refractivity contribution in [2.75, 3.05) is 0 Å². The van der Waals surface area contributed by atoms with Crippen molar-refractivity contribution in [3.8, 4) is 0 Å². The van der Waals surface area contributed by atoms with E-state index in [1.807, 2.05) is 0 Å². The highest BCUT2D eigenvalue weighted by Crippen LogP contribution is 2.22. The number of aliphatic hydroxyl groups is 1. The van der Waals surface area contributed by atoms with Crippen LogP contribution in [0.25, 0.3) is 0 Å². The fraction of sp³-hybridized carbons (Fsp3) is 0.571. The van der Waals surface area contributed by atoms with Crippen molar-refractivity contribution in [2.24, 2.45) is 0 Å². The minimum absolute atomic E-state index is 0.179. The molecule has 3 heteroatoms. The van der Waals surface area contributed by atoms with Crippen LogP contribution < -0.4 is 5.32 Å². The first-order valence-electron chi connectivity index (χ1n) is 6.36. The number of hydrogen-bond acceptors (Lipinski definition) is 2. The Bertz CT molecular complexity index is 352. The summed E-state index contributed by atoms with van der Waals surface area (Å²) in [6, 6.07) is 8.91. The second kappa shape index (κ2) is 5.98. The van der Waals surface area contributed by atoms with Gasteiger partial charge in [0, 0.05) is 16.6 Å². The summed E-state index contributed by atoms with van der Waals surface area (Å²) in [7, 11) is 0. The van der Waals surface area contributed by atoms with E-state index in [1.54, 1.807) is 0 Å². The number of hydrogen-bond donors (Lipinski definition) is 2. The van der Waals surface area contributed by atoms with E-state index in [0.29, 0.717) is 6.04 Å². The maximum absolute atomic E-state index is 9.94. The lowest BCUT2D eigenvalue weighted by Crippen LogP contribution is -2.43. The molecule has 2 N–H and O–H groups in total. The molecule has 1 aromatic carbocycles. The molecule has 94 valence electrons. The van der Waals surface area contributed by atoms with Crippen molar-refractivity contribution in [2.45, 2.75) is 50.8 Å². The maximum atomic E-state index is 9.94. The zero-order chi connectivity index (χ0) is 12.3. The van der Waals surface area contributed by atoms with Crippen molar-refractivity contribution >= 4 is 15.9 Å². The smallest absolute Gasteiger partial charge is 0.0693 e. The standard InChI is InChI=1S/C14H20BrNO/c1-10(11-6-8-12(15)9-7-11)16-13-4-2-3-5-14(13)17/h6-10,13-14,16-17H,2-5H2,1H3/t10-,13+,14+/m0/s1. The number of rotatable bonds is 3. The molecule has 1 aliphatic carbocycles. The molecular weight excluding hydrogens is 278 g/mol. The van der Waals surface area contributed by atoms with E-state index in [1.165, 1.54) is 12.0 Å². The van der Waals surface area contributed by atoms with Crippen LogP contribution in [-0.4, -0.2) is 17.3 Å². The van der Waals surface area contributed by atoms with Gasteiger partial charge in [-0.25, -0.2) is 0 Å². The summed E-state index contributed by atoms with van der Waals surface area (Å²) in [6.45, 7) is 2.16. The highest BCUT2D eigenvalue weighted by Gasteiger charge is 2.24. The van der Waals surface area contributed by atoms with Gasteiger partial charge in [0.1, 0.15) is 0 Å². The van der Waals surface area contributed by atoms with Gasteiger partial charge in [-0.1, -0.05) is 40.9 Å². The topological polar surface area (TPSA) is 32.3 Å². The van der Waals surface area contributed by atoms with Gasteiger partial charge in [-0.2, -0.15) is 0 Å². The first-order chi connectivity index (χ1) is 8.16. The molecule has 0 heterocycles. The Morgan fingerprint density at radius 1 is 1.24 bits per heavy atom. The summed E-state index contributed by atoms with van der Waals surface area (Å²) in [5, 5.41) is 13.5. The van der Waals surface area contributed by atoms with Gasteiger partial charge >= 0.3 is 0 Å². The molecule has 0 radical (unpaired) electrons. The van der Waals surface area contributed by atoms with Crippen molar-refractivity contribution in [1.29, 1.82) is 0 Å². The highest BCUT2D eigenvalue weighted by molar-refractivity contribution is 9.10. The van der Waals surface area contributed by atoms with Crippen LogP contribution >= 0.6 is 15.9 Å². The van der Waals surface area contributed by atoms with Crippen LogP contribution in [0.1, 0.15) is 44.2 Å². The molecule has 2 rings (SSSR count). The van der Waals surface area contributed by atoms with E-state index in [-0.39, 0.29) is 12.1 Å². The van der Waals surface area contributed by atoms with Gasteiger partial charge in [0.2, 0.25) is 0 Å². The average molecular weight is 298 g/mol. The van der Waals surface area contributed by atoms with Crippen molar-refractivity contribution in [3.63, 3.8) is 0 Å². The minimum Gasteiger partial charge on any atom is -0.392 e. The Kier molecular flexibility index (Phi) is 4.60. The monoisotopic (exact) mass is 297 g/mol. The van der Waals surface area contributed by atoms with E-state index in [4.69, 9.17) is 0 Å². The third-order valence-electron chi connectivity index (χ3n) is 3.56. The zero-order valence-electron chi connectivity index (χ0n) is 10.2. The molecule has 2 nitrogen and oxygen atoms in total. The lowest BCUT2D eigenvalue weighted by atomic mass is 9.91. The highest BCUT2D eigenvalue weighted by atomic mass is 79.9. The van der Waals surface area contributed by atoms with Gasteiger partial charge in [0.25, 0.3) is 0 Å². The van der Waals surface area contributed by atoms with Crippen molar-refractivity contribution in [1.82, 2.24) is 5.32 Å². The molecule has 0 amide bonds. The second-order valence-electron chi connectivity index (χ2n) is 4.90. The van der Waals surface area contributed by atoms with Crippen LogP contribution in [0.2, 0.25) is 0 Å². The minimum atomic E-state index is -0.179. The molecule has 0 spiro atoms. The van der Waals surface area contributed by atoms with E-state index in [9.17, 15) is 5.11 Å². The molecule has 1 aromatic rings. The van der Waals surface area contributed by atoms with Gasteiger partial charge < -0.3 is 10.4 Å². The van der Waals surface area contributed by atoms with Gasteiger partial charge in [-0.05, 0) is 37.5 Å². The van der Waals surface area contributed by atoms with Crippen LogP contribution in [0.15, 0.2) is 28.7 Å². The summed E-state index contributed by atoms with van der Waals surface area (Å²) in [4.78, 5) is 0. The summed E-state index contributed by atoms with van der Waals surface area (Å²) in [5.41, 5.74) is 1.27. The number of benzene rings is 1. The van der Waals surface area contributed by atoms with E-state index >= 15 is 0 Å². The van der Waals surface area contributed by atoms with Crippen LogP contribution in [-0.2, 0) is 0 Å². The number of nitrogens with one attached hydrogen (secondary N) is 1. The molecule has 0 aromatic heterocycles. The number of halogens is 1. The Labute approximate surface area is 112 Å². The quantitative estimate of drug-likeness (QED) is 0.896. The van der Waals surface area contributed by atoms with Gasteiger partial charge in [0.05, 0.1) is 6.10 Å². The second-order valence-corrected chi connectivity index (χ2v) is 5.81. The van der Waals surface area contributed by atoms with Crippen molar-refractivity contribution in [3.05, 3.63) is 34.3 Å². The Morgan fingerprint density at radius 2 is 1.88 bits per heavy atom. The van der Waals surface area contributed by atoms with E-state index in [0.717, 1.165) is 23.7 Å². The SMILES string of the molecule is C[C@H](N[C@@H]1CCCC[C@H]1O)c1ccc(Br)cc1. The largest absolute Gasteiger partial charge is 0.392 e. The number of aliphatic hydroxyl groups excluding tert-OH is 1. The summed E-state index contributed by atoms with van der Waals surface area (Å²) < 4.78 is 1.10. The third kappa shape index (κ3) is 3.54. The zero-order valence-corrected chi connectivity index (χ0v) is 11.8. The molecule has 1 saturated carbocycles. The van der Waals surface area contributed by atoms with Gasteiger partial charge in [-0.15, -0.1) is 0 Å². The normalized spacial score (nSPS) is 26.8. The lowest BCUT2D eigenvalue weighted by Gasteiger charge is -2.31. The van der Waals surface area contributed by atoms with E-state index in [2.05, 4.69) is 52.4 Å². The predicted molar refractivity (Wildman–Crippen MR) is 74.0 cm³/mol. The first kappa shape index (κ1) is 13.1. The molecule has 0 bridgehead atoms. The molecule has 17 heavy (non-hydrogen) atoms. The molecular formula is C14H20BrNO. The Balaban J connectivity index is 1.95. The fourth-order valence-electron chi connectivity index (χ4n) is 2.47. The van der Waals surface area contributed by atoms with Crippen LogP contribution in [0.5, 0.6) is 0 Å². The molecule has 1 fully saturated rings. The summed E-state index contributed by atoms with van der Waals surface area (Å²) >= 11 is 3.44. The summed E-state index contributed by atoms with van der Waals surface area (Å²) in [5.74, 6) is 0. The fourth-order valence-corrected chi connectivity index (χ4v) is 2.74. The maximum Gasteiger partial charge on any atom is 0.0693 e. The van der Waals surface area contributed by atoms with Crippen LogP contribution in [0, 0.1) is 0 Å². The molecule has 0 aliphatic heterocycles. The average Bonchev–Trinajstić information content (AvgIpc) is 2.33. The van der Waals surface area contributed by atoms with E-state index < -0.39 is 0 Å². The van der Waals surface area contributed by atoms with Crippen molar-refractivity contribution < 1.29 is 5.11 Å². The Hall–Kier alpha value is -0.380. The molecule has 0 saturated heterocycles. The lowest BCUT2D eigenvalue weighted by molar-refractivity contribution is 0.0860. The van der Waals surface area contributed by atoms with Crippen LogP contribution in [0.4, 0.5) is 0 Å². The molecule has 3 atom stereocenters. The summed E-state index contributed by atoms with van der Waals surface area (Å²) in [6.07, 6.45) is 4.22. The first-order valence-corrected chi connectivity index (χ1v) is 7.15. The van der Waals surface area contributed by atoms with Gasteiger partial charge in [-0.3, -0.25) is 0 Å². The molecule has 0 unspecified atom stereocenters. The third-order valence-corrected chi connectivity index (χ3v) is 4.09. The van der Waals surface area contributed by atoms with Gasteiger partial charge in [0.15, 0.2) is 0 Å². The molecule has 1 aliphatic rings. The predicted octanol–water partition coefficient (Wildman–Crippen LogP) is 3.40. The van der Waals surface area contributed by atoms with Crippen LogP contribution in [0.3, 0.4) is 0 Å². The Morgan fingerprint density at radius 3 is 2.53 bits per heavy atom.